The van der Waals surface area contributed by atoms with Crippen LogP contribution in [0.3, 0.4) is 0 Å². The number of amidine groups is 1. The molecule has 0 radical (unpaired) electrons. The first-order valence-electron chi connectivity index (χ1n) is 13.3. The fraction of sp³-hybridized carbons (Fsp3) is 0.643. The molecule has 3 aliphatic rings. The smallest absolute Gasteiger partial charge is 0.336 e. The van der Waals surface area contributed by atoms with Crippen LogP contribution in [0.4, 0.5) is 0 Å². The molecule has 5 unspecified atom stereocenters. The highest BCUT2D eigenvalue weighted by Gasteiger charge is 2.35. The van der Waals surface area contributed by atoms with Crippen LogP contribution in [0.5, 0.6) is 0 Å². The quantitative estimate of drug-likeness (QED) is 0.287. The molecule has 0 spiro atoms. The maximum atomic E-state index is 12.7. The van der Waals surface area contributed by atoms with E-state index in [1.54, 1.807) is 0 Å². The molecule has 0 amide bonds. The van der Waals surface area contributed by atoms with Crippen molar-refractivity contribution in [1.29, 1.82) is 0 Å². The lowest BCUT2D eigenvalue weighted by Gasteiger charge is -2.29. The largest absolute Gasteiger partial charge is 0.371 e. The van der Waals surface area contributed by atoms with Gasteiger partial charge < -0.3 is 9.64 Å². The van der Waals surface area contributed by atoms with Gasteiger partial charge in [0.25, 0.3) is 0 Å². The van der Waals surface area contributed by atoms with Gasteiger partial charge in [0, 0.05) is 18.0 Å². The molecular formula is C28H45N4O4S+. The first kappa shape index (κ1) is 29.6. The molecule has 2 aliphatic carbocycles. The number of hydroxylamine groups is 1. The Morgan fingerprint density at radius 3 is 2.70 bits per heavy atom. The molecule has 9 heteroatoms. The van der Waals surface area contributed by atoms with Crippen LogP contribution < -0.4 is 5.48 Å². The molecule has 1 aliphatic heterocycles. The number of nitrogens with one attached hydrogen (secondary N) is 1. The van der Waals surface area contributed by atoms with E-state index in [0.717, 1.165) is 23.4 Å². The number of hydrogen-bond acceptors (Lipinski definition) is 6. The van der Waals surface area contributed by atoms with Gasteiger partial charge in [-0.2, -0.15) is 4.55 Å². The minimum Gasteiger partial charge on any atom is -0.371 e. The van der Waals surface area contributed by atoms with Crippen molar-refractivity contribution in [2.24, 2.45) is 27.1 Å². The molecule has 0 fully saturated rings. The van der Waals surface area contributed by atoms with Gasteiger partial charge >= 0.3 is 10.4 Å². The van der Waals surface area contributed by atoms with Crippen LogP contribution in [-0.2, 0) is 24.2 Å². The molecular weight excluding hydrogens is 488 g/mol. The van der Waals surface area contributed by atoms with Gasteiger partial charge in [-0.1, -0.05) is 58.1 Å². The molecule has 8 nitrogen and oxygen atoms in total. The number of hydrogen-bond donors (Lipinski definition) is 2. The van der Waals surface area contributed by atoms with Gasteiger partial charge in [-0.3, -0.25) is 0 Å². The Morgan fingerprint density at radius 2 is 2.08 bits per heavy atom. The fourth-order valence-corrected chi connectivity index (χ4v) is 6.08. The lowest BCUT2D eigenvalue weighted by Crippen LogP contribution is -2.33. The Morgan fingerprint density at radius 1 is 1.35 bits per heavy atom. The van der Waals surface area contributed by atoms with Crippen LogP contribution in [0.15, 0.2) is 56.5 Å². The van der Waals surface area contributed by atoms with Gasteiger partial charge in [-0.25, -0.2) is 15.3 Å². The van der Waals surface area contributed by atoms with Gasteiger partial charge in [-0.05, 0) is 72.4 Å². The average molecular weight is 534 g/mol. The first-order chi connectivity index (χ1) is 17.4. The Labute approximate surface area is 224 Å². The van der Waals surface area contributed by atoms with E-state index in [9.17, 15) is 8.76 Å². The van der Waals surface area contributed by atoms with E-state index >= 15 is 0 Å². The molecule has 0 saturated carbocycles. The zero-order chi connectivity index (χ0) is 27.3. The third-order valence-electron chi connectivity index (χ3n) is 6.86. The van der Waals surface area contributed by atoms with Crippen molar-refractivity contribution < 1.29 is 18.3 Å². The van der Waals surface area contributed by atoms with Crippen LogP contribution in [0.1, 0.15) is 54.4 Å². The van der Waals surface area contributed by atoms with Gasteiger partial charge in [0.15, 0.2) is 5.75 Å². The Bertz CT molecular complexity index is 1050. The summed E-state index contributed by atoms with van der Waals surface area (Å²) in [5.41, 5.74) is 7.00. The fourth-order valence-electron chi connectivity index (χ4n) is 4.81. The lowest BCUT2D eigenvalue weighted by atomic mass is 9.80. The third kappa shape index (κ3) is 7.80. The highest BCUT2D eigenvalue weighted by atomic mass is 32.3. The number of nitrogens with zero attached hydrogens (tertiary/aromatic N) is 3. The molecule has 0 aromatic carbocycles. The zero-order valence-corrected chi connectivity index (χ0v) is 24.4. The lowest BCUT2D eigenvalue weighted by molar-refractivity contribution is 0.0235. The number of ether oxygens (including phenoxy) is 1. The average Bonchev–Trinajstić information content (AvgIpc) is 3.31. The van der Waals surface area contributed by atoms with E-state index in [4.69, 9.17) is 14.6 Å². The molecule has 37 heavy (non-hydrogen) atoms. The summed E-state index contributed by atoms with van der Waals surface area (Å²) in [6, 6.07) is 0. The highest BCUT2D eigenvalue weighted by Crippen LogP contribution is 2.34. The van der Waals surface area contributed by atoms with Gasteiger partial charge in [-0.15, -0.1) is 0 Å². The summed E-state index contributed by atoms with van der Waals surface area (Å²) in [6.07, 6.45) is 11.6. The third-order valence-corrected chi connectivity index (χ3v) is 8.08. The number of allylic oxidation sites excluding steroid dienone is 3. The van der Waals surface area contributed by atoms with Crippen LogP contribution in [0.25, 0.3) is 0 Å². The monoisotopic (exact) mass is 533 g/mol. The van der Waals surface area contributed by atoms with E-state index in [-0.39, 0.29) is 29.8 Å². The van der Waals surface area contributed by atoms with E-state index in [1.165, 1.54) is 5.57 Å². The molecule has 2 N–H and O–H groups in total. The summed E-state index contributed by atoms with van der Waals surface area (Å²) in [5.74, 6) is 1.21. The van der Waals surface area contributed by atoms with E-state index < -0.39 is 16.6 Å². The Hall–Kier alpha value is -1.91. The summed E-state index contributed by atoms with van der Waals surface area (Å²) in [5, 5.41) is 0. The second kappa shape index (κ2) is 12.8. The summed E-state index contributed by atoms with van der Waals surface area (Å²) in [6.45, 7) is 13.1. The minimum absolute atomic E-state index is 0.0206. The number of aliphatic imine (C=N–C) groups is 1. The molecule has 0 aromatic rings. The molecule has 1 heterocycles. The van der Waals surface area contributed by atoms with E-state index in [2.05, 4.69) is 62.7 Å². The summed E-state index contributed by atoms with van der Waals surface area (Å²) < 4.78 is 33.7. The standard InChI is InChI=1S/C28H44N4O4S/c1-9-25(31-37(33,34)16-15-32(7)8)22-11-10-12-23(20(22)6)27-29-28(36-30-27)21-13-14-26(35-19(4)5)24(17-21)18(2)3/h10-13,17-20,23,26,28H,9,14-16H2,1-8H3,(H-,29,30,33,34)/p+1. The predicted molar refractivity (Wildman–Crippen MR) is 153 cm³/mol. The summed E-state index contributed by atoms with van der Waals surface area (Å²) >= 11 is 0. The second-order valence-corrected chi connectivity index (χ2v) is 12.6. The SMILES string of the molecule is CCC(=N[S+](=O)(O)CCN(C)C)C1=CC=CC(C2=NC(C3=CCC(OC(C)C)C(C(C)C)=C3)ON2)C1C. The summed E-state index contributed by atoms with van der Waals surface area (Å²) in [7, 11) is 0.454. The Balaban J connectivity index is 1.77. The maximum absolute atomic E-state index is 12.7. The van der Waals surface area contributed by atoms with Gasteiger partial charge in [0.2, 0.25) is 6.23 Å². The van der Waals surface area contributed by atoms with Crippen molar-refractivity contribution in [2.75, 3.05) is 26.4 Å². The van der Waals surface area contributed by atoms with E-state index in [0.29, 0.717) is 24.6 Å². The normalized spacial score (nSPS) is 28.2. The van der Waals surface area contributed by atoms with Gasteiger partial charge in [0.1, 0.15) is 5.84 Å². The van der Waals surface area contributed by atoms with Crippen molar-refractivity contribution in [3.05, 3.63) is 47.1 Å². The molecule has 5 atom stereocenters. The minimum atomic E-state index is -3.31. The molecule has 0 bridgehead atoms. The maximum Gasteiger partial charge on any atom is 0.336 e. The topological polar surface area (TPSA) is 95.8 Å². The second-order valence-electron chi connectivity index (χ2n) is 10.8. The van der Waals surface area contributed by atoms with Crippen LogP contribution in [-0.4, -0.2) is 65.8 Å². The van der Waals surface area contributed by atoms with E-state index in [1.807, 2.05) is 38.1 Å². The van der Waals surface area contributed by atoms with Crippen molar-refractivity contribution in [1.82, 2.24) is 10.4 Å². The zero-order valence-electron chi connectivity index (χ0n) is 23.6. The molecule has 206 valence electrons. The Kier molecular flexibility index (Phi) is 10.2. The van der Waals surface area contributed by atoms with Crippen molar-refractivity contribution in [3.8, 4) is 0 Å². The molecule has 0 aromatic heterocycles. The molecule has 0 saturated heterocycles. The number of rotatable bonds is 11. The molecule has 3 rings (SSSR count). The van der Waals surface area contributed by atoms with Crippen LogP contribution in [0, 0.1) is 17.8 Å². The predicted octanol–water partition coefficient (Wildman–Crippen LogP) is 5.00. The van der Waals surface area contributed by atoms with Crippen LogP contribution >= 0.6 is 0 Å². The first-order valence-corrected chi connectivity index (χ1v) is 15.0. The highest BCUT2D eigenvalue weighted by molar-refractivity contribution is 7.96. The van der Waals surface area contributed by atoms with Crippen molar-refractivity contribution in [3.63, 3.8) is 0 Å². The van der Waals surface area contributed by atoms with Crippen molar-refractivity contribution >= 4 is 21.9 Å². The van der Waals surface area contributed by atoms with Crippen LogP contribution in [0.2, 0.25) is 0 Å². The summed E-state index contributed by atoms with van der Waals surface area (Å²) in [4.78, 5) is 12.7. The van der Waals surface area contributed by atoms with Crippen molar-refractivity contribution in [2.45, 2.75) is 72.8 Å². The van der Waals surface area contributed by atoms with Gasteiger partial charge in [0.05, 0.1) is 17.9 Å².